The molecule has 0 amide bonds. The number of hydrogen-bond acceptors (Lipinski definition) is 3. The summed E-state index contributed by atoms with van der Waals surface area (Å²) in [7, 11) is 0. The number of hydrogen-bond donors (Lipinski definition) is 1. The topological polar surface area (TPSA) is 47.3 Å². The summed E-state index contributed by atoms with van der Waals surface area (Å²) < 4.78 is 8.23. The molecule has 0 saturated carbocycles. The second-order valence-electron chi connectivity index (χ2n) is 7.33. The van der Waals surface area contributed by atoms with Crippen LogP contribution in [0.5, 0.6) is 5.75 Å². The SMILES string of the molecule is Cc1cc2nc(CCO)n(CCCCOc3cccc(C)c3C)c2cc1C. The Labute approximate surface area is 161 Å². The van der Waals surface area contributed by atoms with E-state index in [4.69, 9.17) is 9.72 Å². The number of nitrogens with zero attached hydrogens (tertiary/aromatic N) is 2. The first-order valence-corrected chi connectivity index (χ1v) is 9.77. The van der Waals surface area contributed by atoms with Crippen LogP contribution >= 0.6 is 0 Å². The van der Waals surface area contributed by atoms with Gasteiger partial charge in [0.25, 0.3) is 0 Å². The van der Waals surface area contributed by atoms with Gasteiger partial charge in [0, 0.05) is 13.0 Å². The summed E-state index contributed by atoms with van der Waals surface area (Å²) >= 11 is 0. The molecule has 0 spiro atoms. The summed E-state index contributed by atoms with van der Waals surface area (Å²) in [6.45, 7) is 10.2. The molecule has 0 aliphatic rings. The fourth-order valence-electron chi connectivity index (χ4n) is 3.40. The van der Waals surface area contributed by atoms with Crippen molar-refractivity contribution in [1.82, 2.24) is 9.55 Å². The highest BCUT2D eigenvalue weighted by atomic mass is 16.5. The summed E-state index contributed by atoms with van der Waals surface area (Å²) in [5, 5.41) is 9.39. The molecule has 1 aromatic heterocycles. The second-order valence-corrected chi connectivity index (χ2v) is 7.33. The number of ether oxygens (including phenoxy) is 1. The number of imidazole rings is 1. The highest BCUT2D eigenvalue weighted by Crippen LogP contribution is 2.23. The van der Waals surface area contributed by atoms with Crippen molar-refractivity contribution in [2.24, 2.45) is 0 Å². The molecule has 0 aliphatic carbocycles. The molecule has 3 rings (SSSR count). The lowest BCUT2D eigenvalue weighted by Gasteiger charge is -2.12. The maximum Gasteiger partial charge on any atom is 0.122 e. The van der Waals surface area contributed by atoms with Gasteiger partial charge in [-0.15, -0.1) is 0 Å². The van der Waals surface area contributed by atoms with Crippen LogP contribution in [0.15, 0.2) is 30.3 Å². The molecular weight excluding hydrogens is 336 g/mol. The van der Waals surface area contributed by atoms with Crippen LogP contribution in [0.3, 0.4) is 0 Å². The molecule has 0 saturated heterocycles. The van der Waals surface area contributed by atoms with Crippen LogP contribution in [0.2, 0.25) is 0 Å². The van der Waals surface area contributed by atoms with Gasteiger partial charge in [-0.2, -0.15) is 0 Å². The number of benzene rings is 2. The average molecular weight is 367 g/mol. The Hall–Kier alpha value is -2.33. The van der Waals surface area contributed by atoms with Crippen LogP contribution in [0.1, 0.15) is 40.9 Å². The number of fused-ring (bicyclic) bond motifs is 1. The molecule has 4 nitrogen and oxygen atoms in total. The van der Waals surface area contributed by atoms with E-state index in [9.17, 15) is 5.11 Å². The minimum Gasteiger partial charge on any atom is -0.493 e. The van der Waals surface area contributed by atoms with Gasteiger partial charge >= 0.3 is 0 Å². The van der Waals surface area contributed by atoms with E-state index < -0.39 is 0 Å². The van der Waals surface area contributed by atoms with Crippen molar-refractivity contribution in [3.05, 3.63) is 58.4 Å². The summed E-state index contributed by atoms with van der Waals surface area (Å²) in [6.07, 6.45) is 2.59. The van der Waals surface area contributed by atoms with Gasteiger partial charge in [0.2, 0.25) is 0 Å². The zero-order valence-corrected chi connectivity index (χ0v) is 16.9. The van der Waals surface area contributed by atoms with Crippen molar-refractivity contribution in [3.63, 3.8) is 0 Å². The van der Waals surface area contributed by atoms with Crippen LogP contribution in [-0.4, -0.2) is 27.9 Å². The maximum atomic E-state index is 9.39. The predicted molar refractivity (Wildman–Crippen MR) is 111 cm³/mol. The summed E-state index contributed by atoms with van der Waals surface area (Å²) in [6, 6.07) is 10.5. The Kier molecular flexibility index (Phi) is 6.17. The molecule has 0 aliphatic heterocycles. The number of rotatable bonds is 8. The van der Waals surface area contributed by atoms with E-state index in [2.05, 4.69) is 50.5 Å². The van der Waals surface area contributed by atoms with Gasteiger partial charge in [-0.1, -0.05) is 12.1 Å². The largest absolute Gasteiger partial charge is 0.493 e. The normalized spacial score (nSPS) is 11.3. The van der Waals surface area contributed by atoms with Crippen LogP contribution in [0, 0.1) is 27.7 Å². The van der Waals surface area contributed by atoms with Crippen LogP contribution in [-0.2, 0) is 13.0 Å². The zero-order valence-electron chi connectivity index (χ0n) is 16.9. The minimum atomic E-state index is 0.122. The molecule has 1 heterocycles. The molecule has 0 unspecified atom stereocenters. The van der Waals surface area contributed by atoms with Crippen molar-refractivity contribution in [1.29, 1.82) is 0 Å². The smallest absolute Gasteiger partial charge is 0.122 e. The summed E-state index contributed by atoms with van der Waals surface area (Å²) in [5.41, 5.74) is 7.19. The average Bonchev–Trinajstić information content (AvgIpc) is 2.95. The number of aromatic nitrogens is 2. The highest BCUT2D eigenvalue weighted by molar-refractivity contribution is 5.78. The van der Waals surface area contributed by atoms with E-state index in [1.807, 2.05) is 12.1 Å². The van der Waals surface area contributed by atoms with Crippen LogP contribution in [0.4, 0.5) is 0 Å². The van der Waals surface area contributed by atoms with Gasteiger partial charge in [-0.05, 0) is 81.0 Å². The fraction of sp³-hybridized carbons (Fsp3) is 0.435. The molecule has 144 valence electrons. The van der Waals surface area contributed by atoms with E-state index >= 15 is 0 Å². The van der Waals surface area contributed by atoms with E-state index in [-0.39, 0.29) is 6.61 Å². The lowest BCUT2D eigenvalue weighted by atomic mass is 10.1. The van der Waals surface area contributed by atoms with E-state index in [1.165, 1.54) is 22.3 Å². The van der Waals surface area contributed by atoms with Crippen molar-refractivity contribution in [2.75, 3.05) is 13.2 Å². The fourth-order valence-corrected chi connectivity index (χ4v) is 3.40. The number of aliphatic hydroxyl groups excluding tert-OH is 1. The third-order valence-electron chi connectivity index (χ3n) is 5.37. The van der Waals surface area contributed by atoms with Crippen molar-refractivity contribution >= 4 is 11.0 Å². The third-order valence-corrected chi connectivity index (χ3v) is 5.37. The Balaban J connectivity index is 1.65. The Morgan fingerprint density at radius 3 is 2.56 bits per heavy atom. The second kappa shape index (κ2) is 8.57. The lowest BCUT2D eigenvalue weighted by molar-refractivity contribution is 0.291. The number of aryl methyl sites for hydroxylation is 4. The third kappa shape index (κ3) is 4.33. The molecule has 4 heteroatoms. The Morgan fingerprint density at radius 1 is 1.00 bits per heavy atom. The highest BCUT2D eigenvalue weighted by Gasteiger charge is 2.11. The summed E-state index contributed by atoms with van der Waals surface area (Å²) in [5.74, 6) is 1.95. The van der Waals surface area contributed by atoms with Crippen LogP contribution < -0.4 is 4.74 Å². The van der Waals surface area contributed by atoms with E-state index in [1.54, 1.807) is 0 Å². The molecule has 27 heavy (non-hydrogen) atoms. The molecule has 2 aromatic carbocycles. The van der Waals surface area contributed by atoms with Gasteiger partial charge < -0.3 is 14.4 Å². The monoisotopic (exact) mass is 366 g/mol. The first kappa shape index (κ1) is 19.4. The van der Waals surface area contributed by atoms with E-state index in [0.717, 1.165) is 42.0 Å². The lowest BCUT2D eigenvalue weighted by Crippen LogP contribution is -2.08. The number of unbranched alkanes of at least 4 members (excludes halogenated alkanes) is 1. The molecule has 0 fully saturated rings. The van der Waals surface area contributed by atoms with Crippen molar-refractivity contribution in [2.45, 2.75) is 53.5 Å². The van der Waals surface area contributed by atoms with E-state index in [0.29, 0.717) is 13.0 Å². The number of aliphatic hydroxyl groups is 1. The summed E-state index contributed by atoms with van der Waals surface area (Å²) in [4.78, 5) is 4.74. The first-order chi connectivity index (χ1) is 13.0. The quantitative estimate of drug-likeness (QED) is 0.590. The van der Waals surface area contributed by atoms with Gasteiger partial charge in [0.1, 0.15) is 11.6 Å². The zero-order chi connectivity index (χ0) is 19.4. The van der Waals surface area contributed by atoms with Gasteiger partial charge in [-0.25, -0.2) is 4.98 Å². The van der Waals surface area contributed by atoms with Crippen molar-refractivity contribution < 1.29 is 9.84 Å². The van der Waals surface area contributed by atoms with Crippen molar-refractivity contribution in [3.8, 4) is 5.75 Å². The maximum absolute atomic E-state index is 9.39. The molecule has 0 bridgehead atoms. The molecule has 3 aromatic rings. The predicted octanol–water partition coefficient (Wildman–Crippen LogP) is 4.66. The Morgan fingerprint density at radius 2 is 1.78 bits per heavy atom. The molecule has 1 N–H and O–H groups in total. The molecule has 0 atom stereocenters. The van der Waals surface area contributed by atoms with Gasteiger partial charge in [0.15, 0.2) is 0 Å². The van der Waals surface area contributed by atoms with Gasteiger partial charge in [0.05, 0.1) is 24.2 Å². The molecular formula is C23H30N2O2. The minimum absolute atomic E-state index is 0.122. The first-order valence-electron chi connectivity index (χ1n) is 9.77. The molecule has 0 radical (unpaired) electrons. The van der Waals surface area contributed by atoms with Gasteiger partial charge in [-0.3, -0.25) is 0 Å². The Bertz CT molecular complexity index is 928. The van der Waals surface area contributed by atoms with Crippen LogP contribution in [0.25, 0.3) is 11.0 Å². The standard InChI is InChI=1S/C23H30N2O2/c1-16-8-7-9-22(19(16)4)27-13-6-5-11-25-21-15-18(3)17(2)14-20(21)24-23(25)10-12-26/h7-9,14-15,26H,5-6,10-13H2,1-4H3.